The van der Waals surface area contributed by atoms with Gasteiger partial charge in [-0.05, 0) is 49.1 Å². The molecule has 1 aliphatic heterocycles. The third-order valence-electron chi connectivity index (χ3n) is 4.90. The minimum atomic E-state index is -3.85. The van der Waals surface area contributed by atoms with Crippen molar-refractivity contribution in [3.8, 4) is 0 Å². The van der Waals surface area contributed by atoms with Crippen molar-refractivity contribution in [1.82, 2.24) is 14.5 Å². The van der Waals surface area contributed by atoms with Gasteiger partial charge in [-0.3, -0.25) is 0 Å². The normalized spacial score (nSPS) is 18.2. The van der Waals surface area contributed by atoms with Crippen molar-refractivity contribution in [2.45, 2.75) is 24.2 Å². The number of halogens is 2. The van der Waals surface area contributed by atoms with Gasteiger partial charge in [-0.2, -0.15) is 9.40 Å². The number of aryl methyl sites for hydroxylation is 2. The lowest BCUT2D eigenvalue weighted by atomic mass is 10.2. The number of anilines is 1. The molecule has 0 atom stereocenters. The number of aromatic nitrogens is 2. The van der Waals surface area contributed by atoms with Crippen molar-refractivity contribution in [1.29, 1.82) is 0 Å². The molecule has 1 aromatic heterocycles. The summed E-state index contributed by atoms with van der Waals surface area (Å²) in [6.07, 6.45) is 3.05. The Balaban J connectivity index is 1.48. The van der Waals surface area contributed by atoms with Gasteiger partial charge in [0.05, 0.1) is 10.6 Å². The summed E-state index contributed by atoms with van der Waals surface area (Å²) in [5.74, 6) is -1.47. The predicted molar refractivity (Wildman–Crippen MR) is 91.4 cm³/mol. The first-order valence-corrected chi connectivity index (χ1v) is 9.95. The van der Waals surface area contributed by atoms with E-state index in [2.05, 4.69) is 10.2 Å². The van der Waals surface area contributed by atoms with E-state index >= 15 is 0 Å². The first-order valence-electron chi connectivity index (χ1n) is 8.51. The molecule has 1 aliphatic carbocycles. The van der Waals surface area contributed by atoms with Gasteiger partial charge in [0.15, 0.2) is 17.5 Å². The molecule has 26 heavy (non-hydrogen) atoms. The molecule has 0 amide bonds. The second-order valence-corrected chi connectivity index (χ2v) is 8.43. The maximum Gasteiger partial charge on any atom is 0.243 e. The predicted octanol–water partition coefficient (Wildman–Crippen LogP) is 1.75. The number of hydrogen-bond acceptors (Lipinski definition) is 5. The molecular weight excluding hydrogens is 362 g/mol. The highest BCUT2D eigenvalue weighted by atomic mass is 32.2. The van der Waals surface area contributed by atoms with Gasteiger partial charge >= 0.3 is 0 Å². The standard InChI is InChI=1S/C17H18F2N4O2S/c18-14-5-4-13(11-15(14)19)26(24,25)23-8-6-22(7-9-23)17-10-12-2-1-3-16(12)20-21-17/h4-5,10-11H,1-3,6-9H2. The van der Waals surface area contributed by atoms with Gasteiger partial charge in [-0.1, -0.05) is 0 Å². The number of nitrogens with zero attached hydrogens (tertiary/aromatic N) is 4. The first kappa shape index (κ1) is 17.3. The molecule has 0 bridgehead atoms. The SMILES string of the molecule is O=S(=O)(c1ccc(F)c(F)c1)N1CCN(c2cc3c(nn2)CCC3)CC1. The summed E-state index contributed by atoms with van der Waals surface area (Å²) in [6, 6.07) is 4.68. The fourth-order valence-corrected chi connectivity index (χ4v) is 4.85. The zero-order valence-corrected chi connectivity index (χ0v) is 14.8. The van der Waals surface area contributed by atoms with Crippen LogP contribution in [0.4, 0.5) is 14.6 Å². The van der Waals surface area contributed by atoms with Crippen molar-refractivity contribution in [3.63, 3.8) is 0 Å². The number of hydrogen-bond donors (Lipinski definition) is 0. The van der Waals surface area contributed by atoms with E-state index in [1.54, 1.807) is 0 Å². The van der Waals surface area contributed by atoms with Crippen molar-refractivity contribution < 1.29 is 17.2 Å². The average molecular weight is 380 g/mol. The van der Waals surface area contributed by atoms with Gasteiger partial charge in [0.1, 0.15) is 0 Å². The summed E-state index contributed by atoms with van der Waals surface area (Å²) in [4.78, 5) is 1.77. The average Bonchev–Trinajstić information content (AvgIpc) is 3.11. The molecule has 2 aliphatic rings. The van der Waals surface area contributed by atoms with Crippen LogP contribution in [0.15, 0.2) is 29.2 Å². The summed E-state index contributed by atoms with van der Waals surface area (Å²) in [6.45, 7) is 1.44. The van der Waals surface area contributed by atoms with Crippen LogP contribution < -0.4 is 4.90 Å². The third-order valence-corrected chi connectivity index (χ3v) is 6.79. The van der Waals surface area contributed by atoms with E-state index in [1.807, 2.05) is 11.0 Å². The summed E-state index contributed by atoms with van der Waals surface area (Å²) in [5, 5.41) is 8.52. The second kappa shape index (κ2) is 6.55. The number of fused-ring (bicyclic) bond motifs is 1. The van der Waals surface area contributed by atoms with Crippen LogP contribution in [-0.4, -0.2) is 49.1 Å². The van der Waals surface area contributed by atoms with Crippen LogP contribution in [0, 0.1) is 11.6 Å². The lowest BCUT2D eigenvalue weighted by Gasteiger charge is -2.34. The summed E-state index contributed by atoms with van der Waals surface area (Å²) < 4.78 is 53.0. The van der Waals surface area contributed by atoms with Crippen LogP contribution in [0.3, 0.4) is 0 Å². The van der Waals surface area contributed by atoms with E-state index in [0.717, 1.165) is 49.0 Å². The fourth-order valence-electron chi connectivity index (χ4n) is 3.42. The Morgan fingerprint density at radius 1 is 0.923 bits per heavy atom. The molecule has 2 aromatic rings. The van der Waals surface area contributed by atoms with Crippen molar-refractivity contribution >= 4 is 15.8 Å². The summed E-state index contributed by atoms with van der Waals surface area (Å²) >= 11 is 0. The number of sulfonamides is 1. The first-order chi connectivity index (χ1) is 12.4. The topological polar surface area (TPSA) is 66.4 Å². The number of benzene rings is 1. The quantitative estimate of drug-likeness (QED) is 0.812. The van der Waals surface area contributed by atoms with Crippen LogP contribution in [0.1, 0.15) is 17.7 Å². The van der Waals surface area contributed by atoms with E-state index in [-0.39, 0.29) is 18.0 Å². The molecule has 0 spiro atoms. The molecule has 0 unspecified atom stereocenters. The number of piperazine rings is 1. The maximum atomic E-state index is 13.4. The van der Waals surface area contributed by atoms with Gasteiger partial charge in [0.2, 0.25) is 10.0 Å². The molecule has 0 saturated carbocycles. The lowest BCUT2D eigenvalue weighted by molar-refractivity contribution is 0.383. The molecule has 138 valence electrons. The van der Waals surface area contributed by atoms with Crippen LogP contribution in [-0.2, 0) is 22.9 Å². The van der Waals surface area contributed by atoms with E-state index < -0.39 is 21.7 Å². The van der Waals surface area contributed by atoms with E-state index in [0.29, 0.717) is 13.1 Å². The van der Waals surface area contributed by atoms with E-state index in [4.69, 9.17) is 0 Å². The molecule has 0 N–H and O–H groups in total. The molecule has 9 heteroatoms. The minimum Gasteiger partial charge on any atom is -0.352 e. The van der Waals surface area contributed by atoms with Crippen LogP contribution >= 0.6 is 0 Å². The Kier molecular flexibility index (Phi) is 4.36. The molecule has 1 fully saturated rings. The van der Waals surface area contributed by atoms with Crippen molar-refractivity contribution in [2.75, 3.05) is 31.1 Å². The summed E-state index contributed by atoms with van der Waals surface area (Å²) in [5.41, 5.74) is 2.26. The molecule has 0 radical (unpaired) electrons. The zero-order chi connectivity index (χ0) is 18.3. The van der Waals surface area contributed by atoms with Gasteiger partial charge in [-0.15, -0.1) is 5.10 Å². The molecular formula is C17H18F2N4O2S. The van der Waals surface area contributed by atoms with Crippen LogP contribution in [0.5, 0.6) is 0 Å². The van der Waals surface area contributed by atoms with Crippen molar-refractivity contribution in [3.05, 3.63) is 47.2 Å². The zero-order valence-electron chi connectivity index (χ0n) is 14.0. The molecule has 6 nitrogen and oxygen atoms in total. The minimum absolute atomic E-state index is 0.234. The van der Waals surface area contributed by atoms with E-state index in [1.165, 1.54) is 9.87 Å². The highest BCUT2D eigenvalue weighted by Crippen LogP contribution is 2.25. The Morgan fingerprint density at radius 2 is 1.69 bits per heavy atom. The molecule has 1 saturated heterocycles. The van der Waals surface area contributed by atoms with Crippen molar-refractivity contribution in [2.24, 2.45) is 0 Å². The Bertz CT molecular complexity index is 944. The highest BCUT2D eigenvalue weighted by Gasteiger charge is 2.30. The molecule has 4 rings (SSSR count). The van der Waals surface area contributed by atoms with Gasteiger partial charge in [0, 0.05) is 26.2 Å². The second-order valence-electron chi connectivity index (χ2n) is 6.50. The Morgan fingerprint density at radius 3 is 2.42 bits per heavy atom. The Hall–Kier alpha value is -2.13. The van der Waals surface area contributed by atoms with Crippen LogP contribution in [0.2, 0.25) is 0 Å². The molecule has 2 heterocycles. The highest BCUT2D eigenvalue weighted by molar-refractivity contribution is 7.89. The lowest BCUT2D eigenvalue weighted by Crippen LogP contribution is -2.49. The van der Waals surface area contributed by atoms with Crippen LogP contribution in [0.25, 0.3) is 0 Å². The number of rotatable bonds is 3. The monoisotopic (exact) mass is 380 g/mol. The van der Waals surface area contributed by atoms with Gasteiger partial charge in [-0.25, -0.2) is 17.2 Å². The smallest absolute Gasteiger partial charge is 0.243 e. The molecule has 1 aromatic carbocycles. The Labute approximate surface area is 150 Å². The van der Waals surface area contributed by atoms with Gasteiger partial charge < -0.3 is 4.90 Å². The van der Waals surface area contributed by atoms with Gasteiger partial charge in [0.25, 0.3) is 0 Å². The fraction of sp³-hybridized carbons (Fsp3) is 0.412. The third kappa shape index (κ3) is 3.05. The summed E-state index contributed by atoms with van der Waals surface area (Å²) in [7, 11) is -3.85. The van der Waals surface area contributed by atoms with E-state index in [9.17, 15) is 17.2 Å². The largest absolute Gasteiger partial charge is 0.352 e. The maximum absolute atomic E-state index is 13.4.